The lowest BCUT2D eigenvalue weighted by Crippen LogP contribution is -2.45. The first-order valence-electron chi connectivity index (χ1n) is 7.26. The Morgan fingerprint density at radius 1 is 1.26 bits per heavy atom. The fraction of sp³-hybridized carbons (Fsp3) is 0.667. The van der Waals surface area contributed by atoms with Crippen molar-refractivity contribution in [2.75, 3.05) is 13.1 Å². The molecule has 3 nitrogen and oxygen atoms in total. The molecule has 2 aliphatic rings. The van der Waals surface area contributed by atoms with Crippen molar-refractivity contribution in [1.82, 2.24) is 9.47 Å². The highest BCUT2D eigenvalue weighted by atomic mass is 35.5. The molecule has 1 amide bonds. The summed E-state index contributed by atoms with van der Waals surface area (Å²) in [6.07, 6.45) is 8.34. The molecule has 3 rings (SSSR count). The molecular formula is C15H21ClN2O. The van der Waals surface area contributed by atoms with Crippen molar-refractivity contribution in [3.05, 3.63) is 23.0 Å². The summed E-state index contributed by atoms with van der Waals surface area (Å²) in [5.74, 6) is 1.72. The SMILES string of the molecule is Cn1cc(Cl)cc1C(=O)N1CC[C@H]2CCCC[C@@H]2C1. The normalized spacial score (nSPS) is 27.2. The molecule has 1 aromatic rings. The van der Waals surface area contributed by atoms with Crippen LogP contribution >= 0.6 is 11.6 Å². The van der Waals surface area contributed by atoms with E-state index in [2.05, 4.69) is 0 Å². The number of fused-ring (bicyclic) bond motifs is 1. The maximum Gasteiger partial charge on any atom is 0.270 e. The quantitative estimate of drug-likeness (QED) is 0.775. The van der Waals surface area contributed by atoms with E-state index in [1.165, 1.54) is 32.1 Å². The Bertz CT molecular complexity index is 482. The van der Waals surface area contributed by atoms with Crippen LogP contribution in [0.1, 0.15) is 42.6 Å². The van der Waals surface area contributed by atoms with Gasteiger partial charge in [-0.2, -0.15) is 0 Å². The minimum Gasteiger partial charge on any atom is -0.345 e. The predicted molar refractivity (Wildman–Crippen MR) is 76.4 cm³/mol. The Morgan fingerprint density at radius 2 is 2.00 bits per heavy atom. The summed E-state index contributed by atoms with van der Waals surface area (Å²) in [5, 5.41) is 0.637. The lowest BCUT2D eigenvalue weighted by atomic mass is 9.75. The number of aromatic nitrogens is 1. The monoisotopic (exact) mass is 280 g/mol. The highest BCUT2D eigenvalue weighted by molar-refractivity contribution is 6.31. The third-order valence-electron chi connectivity index (χ3n) is 4.77. The molecule has 19 heavy (non-hydrogen) atoms. The first kappa shape index (κ1) is 13.0. The molecule has 1 aliphatic carbocycles. The highest BCUT2D eigenvalue weighted by Gasteiger charge is 2.33. The first-order chi connectivity index (χ1) is 9.15. The van der Waals surface area contributed by atoms with Gasteiger partial charge < -0.3 is 9.47 Å². The van der Waals surface area contributed by atoms with Crippen LogP contribution in [0.3, 0.4) is 0 Å². The highest BCUT2D eigenvalue weighted by Crippen LogP contribution is 2.36. The van der Waals surface area contributed by atoms with E-state index in [0.717, 1.165) is 24.9 Å². The number of hydrogen-bond donors (Lipinski definition) is 0. The number of nitrogens with zero attached hydrogens (tertiary/aromatic N) is 2. The van der Waals surface area contributed by atoms with Crippen LogP contribution in [0.5, 0.6) is 0 Å². The van der Waals surface area contributed by atoms with Gasteiger partial charge in [-0.15, -0.1) is 0 Å². The zero-order valence-electron chi connectivity index (χ0n) is 11.4. The van der Waals surface area contributed by atoms with Crippen LogP contribution in [-0.2, 0) is 7.05 Å². The van der Waals surface area contributed by atoms with Gasteiger partial charge in [0, 0.05) is 26.3 Å². The van der Waals surface area contributed by atoms with Crippen LogP contribution in [0, 0.1) is 11.8 Å². The smallest absolute Gasteiger partial charge is 0.270 e. The van der Waals surface area contributed by atoms with E-state index in [9.17, 15) is 4.79 Å². The Kier molecular flexibility index (Phi) is 3.57. The number of carbonyl (C=O) groups excluding carboxylic acids is 1. The van der Waals surface area contributed by atoms with E-state index in [1.54, 1.807) is 12.3 Å². The Hall–Kier alpha value is -0.960. The predicted octanol–water partition coefficient (Wildman–Crippen LogP) is 3.33. The van der Waals surface area contributed by atoms with E-state index in [0.29, 0.717) is 10.7 Å². The lowest BCUT2D eigenvalue weighted by molar-refractivity contribution is 0.0512. The third-order valence-corrected chi connectivity index (χ3v) is 4.98. The largest absolute Gasteiger partial charge is 0.345 e. The molecule has 2 fully saturated rings. The van der Waals surface area contributed by atoms with E-state index in [-0.39, 0.29) is 5.91 Å². The van der Waals surface area contributed by atoms with Gasteiger partial charge in [-0.1, -0.05) is 30.9 Å². The molecule has 0 spiro atoms. The Labute approximate surface area is 119 Å². The summed E-state index contributed by atoms with van der Waals surface area (Å²) in [7, 11) is 1.88. The third kappa shape index (κ3) is 2.53. The average molecular weight is 281 g/mol. The minimum absolute atomic E-state index is 0.137. The van der Waals surface area contributed by atoms with Gasteiger partial charge in [-0.25, -0.2) is 0 Å². The van der Waals surface area contributed by atoms with Crippen molar-refractivity contribution in [3.63, 3.8) is 0 Å². The molecule has 0 bridgehead atoms. The van der Waals surface area contributed by atoms with Gasteiger partial charge in [0.1, 0.15) is 5.69 Å². The summed E-state index contributed by atoms with van der Waals surface area (Å²) in [6.45, 7) is 1.84. The van der Waals surface area contributed by atoms with E-state index in [4.69, 9.17) is 11.6 Å². The van der Waals surface area contributed by atoms with Gasteiger partial charge in [0.2, 0.25) is 0 Å². The number of rotatable bonds is 1. The number of aryl methyl sites for hydroxylation is 1. The van der Waals surface area contributed by atoms with Crippen molar-refractivity contribution in [1.29, 1.82) is 0 Å². The number of carbonyl (C=O) groups is 1. The van der Waals surface area contributed by atoms with Crippen LogP contribution < -0.4 is 0 Å². The van der Waals surface area contributed by atoms with Crippen molar-refractivity contribution in [2.24, 2.45) is 18.9 Å². The summed E-state index contributed by atoms with van der Waals surface area (Å²) >= 11 is 5.97. The molecule has 0 unspecified atom stereocenters. The summed E-state index contributed by atoms with van der Waals surface area (Å²) in [6, 6.07) is 1.77. The molecular weight excluding hydrogens is 260 g/mol. The molecule has 4 heteroatoms. The van der Waals surface area contributed by atoms with Crippen LogP contribution in [0.25, 0.3) is 0 Å². The fourth-order valence-corrected chi connectivity index (χ4v) is 3.93. The molecule has 104 valence electrons. The number of hydrogen-bond acceptors (Lipinski definition) is 1. The van der Waals surface area contributed by atoms with Gasteiger partial charge in [0.25, 0.3) is 5.91 Å². The molecule has 0 radical (unpaired) electrons. The number of amides is 1. The van der Waals surface area contributed by atoms with E-state index >= 15 is 0 Å². The number of likely N-dealkylation sites (tertiary alicyclic amines) is 1. The summed E-state index contributed by atoms with van der Waals surface area (Å²) in [4.78, 5) is 14.6. The zero-order chi connectivity index (χ0) is 13.4. The van der Waals surface area contributed by atoms with Gasteiger partial charge in [-0.3, -0.25) is 4.79 Å². The molecule has 1 aliphatic heterocycles. The van der Waals surface area contributed by atoms with Crippen molar-refractivity contribution in [3.8, 4) is 0 Å². The van der Waals surface area contributed by atoms with E-state index in [1.807, 2.05) is 16.5 Å². The molecule has 2 atom stereocenters. The average Bonchev–Trinajstić information content (AvgIpc) is 2.76. The fourth-order valence-electron chi connectivity index (χ4n) is 3.68. The molecule has 1 saturated carbocycles. The Balaban J connectivity index is 1.72. The van der Waals surface area contributed by atoms with Gasteiger partial charge in [-0.05, 0) is 30.7 Å². The standard InChI is InChI=1S/C15H21ClN2O/c1-17-10-13(16)8-14(17)15(19)18-7-6-11-4-2-3-5-12(11)9-18/h8,10-12H,2-7,9H2,1H3/t11-,12-/m1/s1. The van der Waals surface area contributed by atoms with Crippen LogP contribution in [0.15, 0.2) is 12.3 Å². The summed E-state index contributed by atoms with van der Waals surface area (Å²) in [5.41, 5.74) is 0.708. The van der Waals surface area contributed by atoms with Crippen molar-refractivity contribution in [2.45, 2.75) is 32.1 Å². The second-order valence-electron chi connectivity index (χ2n) is 6.00. The zero-order valence-corrected chi connectivity index (χ0v) is 12.2. The summed E-state index contributed by atoms with van der Waals surface area (Å²) < 4.78 is 1.83. The number of piperidine rings is 1. The van der Waals surface area contributed by atoms with Crippen LogP contribution in [0.2, 0.25) is 5.02 Å². The topological polar surface area (TPSA) is 25.2 Å². The van der Waals surface area contributed by atoms with Gasteiger partial charge in [0.05, 0.1) is 5.02 Å². The van der Waals surface area contributed by atoms with Crippen LogP contribution in [-0.4, -0.2) is 28.5 Å². The maximum atomic E-state index is 12.6. The molecule has 1 saturated heterocycles. The second kappa shape index (κ2) is 5.20. The van der Waals surface area contributed by atoms with E-state index < -0.39 is 0 Å². The van der Waals surface area contributed by atoms with Gasteiger partial charge in [0.15, 0.2) is 0 Å². The lowest BCUT2D eigenvalue weighted by Gasteiger charge is -2.41. The van der Waals surface area contributed by atoms with Gasteiger partial charge >= 0.3 is 0 Å². The molecule has 1 aromatic heterocycles. The molecule has 0 aromatic carbocycles. The van der Waals surface area contributed by atoms with Crippen LogP contribution in [0.4, 0.5) is 0 Å². The molecule has 2 heterocycles. The minimum atomic E-state index is 0.137. The maximum absolute atomic E-state index is 12.6. The molecule has 0 N–H and O–H groups in total. The van der Waals surface area contributed by atoms with Crippen molar-refractivity contribution >= 4 is 17.5 Å². The first-order valence-corrected chi connectivity index (χ1v) is 7.64. The number of halogens is 1. The second-order valence-corrected chi connectivity index (χ2v) is 6.44. The van der Waals surface area contributed by atoms with Crippen molar-refractivity contribution < 1.29 is 4.79 Å². The Morgan fingerprint density at radius 3 is 2.68 bits per heavy atom.